The molecule has 1 amide bonds. The highest BCUT2D eigenvalue weighted by Crippen LogP contribution is 2.31. The van der Waals surface area contributed by atoms with Gasteiger partial charge < -0.3 is 11.1 Å². The minimum Gasteiger partial charge on any atom is -0.383 e. The molecule has 3 heterocycles. The third-order valence-corrected chi connectivity index (χ3v) is 5.91. The van der Waals surface area contributed by atoms with Crippen LogP contribution in [0.5, 0.6) is 0 Å². The summed E-state index contributed by atoms with van der Waals surface area (Å²) in [5, 5.41) is 3.36. The van der Waals surface area contributed by atoms with Crippen LogP contribution in [-0.4, -0.2) is 25.4 Å². The van der Waals surface area contributed by atoms with Crippen LogP contribution in [-0.2, 0) is 6.54 Å². The van der Waals surface area contributed by atoms with Crippen molar-refractivity contribution in [2.45, 2.75) is 20.9 Å². The lowest BCUT2D eigenvalue weighted by molar-refractivity contribution is 0.0951. The number of imidazole rings is 1. The molecule has 7 nitrogen and oxygen atoms in total. The SMILES string of the molecule is C.Cc1cc2nc(-c3cccnc3N)n(-c3ccc(CNC(=O)c4ccccc4)cc3)c2nc1Cl. The van der Waals surface area contributed by atoms with Crippen LogP contribution in [0.1, 0.15) is 28.9 Å². The second-order valence-electron chi connectivity index (χ2n) is 7.86. The third kappa shape index (κ3) is 4.72. The van der Waals surface area contributed by atoms with Crippen molar-refractivity contribution >= 4 is 34.5 Å². The maximum absolute atomic E-state index is 12.3. The van der Waals surface area contributed by atoms with Crippen molar-refractivity contribution in [3.8, 4) is 17.1 Å². The summed E-state index contributed by atoms with van der Waals surface area (Å²) >= 11 is 6.35. The first-order chi connectivity index (χ1) is 16.5. The number of rotatable bonds is 5. The van der Waals surface area contributed by atoms with Gasteiger partial charge in [0.1, 0.15) is 16.5 Å². The van der Waals surface area contributed by atoms with Gasteiger partial charge in [-0.05, 0) is 60.5 Å². The largest absolute Gasteiger partial charge is 0.383 e. The Bertz CT molecular complexity index is 1500. The highest BCUT2D eigenvalue weighted by molar-refractivity contribution is 6.30. The Kier molecular flexibility index (Phi) is 6.80. The maximum atomic E-state index is 12.3. The average molecular weight is 485 g/mol. The van der Waals surface area contributed by atoms with Gasteiger partial charge in [0.25, 0.3) is 5.91 Å². The number of nitrogens with zero attached hydrogens (tertiary/aromatic N) is 4. The van der Waals surface area contributed by atoms with Crippen molar-refractivity contribution < 1.29 is 4.79 Å². The Morgan fingerprint density at radius 3 is 2.49 bits per heavy atom. The van der Waals surface area contributed by atoms with E-state index in [0.717, 1.165) is 16.8 Å². The number of aromatic nitrogens is 4. The lowest BCUT2D eigenvalue weighted by Crippen LogP contribution is -2.22. The lowest BCUT2D eigenvalue weighted by Gasteiger charge is -2.11. The summed E-state index contributed by atoms with van der Waals surface area (Å²) in [6, 6.07) is 22.6. The highest BCUT2D eigenvalue weighted by atomic mass is 35.5. The van der Waals surface area contributed by atoms with Crippen molar-refractivity contribution in [3.63, 3.8) is 0 Å². The smallest absolute Gasteiger partial charge is 0.251 e. The fourth-order valence-electron chi connectivity index (χ4n) is 3.75. The molecule has 3 aromatic heterocycles. The number of carbonyl (C=O) groups excluding carboxylic acids is 1. The molecule has 0 fully saturated rings. The van der Waals surface area contributed by atoms with E-state index in [0.29, 0.717) is 45.6 Å². The van der Waals surface area contributed by atoms with Gasteiger partial charge in [-0.25, -0.2) is 15.0 Å². The quantitative estimate of drug-likeness (QED) is 0.317. The monoisotopic (exact) mass is 484 g/mol. The minimum absolute atomic E-state index is 0. The summed E-state index contributed by atoms with van der Waals surface area (Å²) in [5.74, 6) is 0.885. The molecule has 0 bridgehead atoms. The number of halogens is 1. The third-order valence-electron chi connectivity index (χ3n) is 5.52. The van der Waals surface area contributed by atoms with Crippen LogP contribution in [0.25, 0.3) is 28.2 Å². The number of hydrogen-bond acceptors (Lipinski definition) is 5. The fraction of sp³-hybridized carbons (Fsp3) is 0.111. The topological polar surface area (TPSA) is 98.7 Å². The number of aryl methyl sites for hydroxylation is 1. The Balaban J connectivity index is 0.00000289. The Morgan fingerprint density at radius 2 is 1.77 bits per heavy atom. The van der Waals surface area contributed by atoms with E-state index in [4.69, 9.17) is 22.3 Å². The Morgan fingerprint density at radius 1 is 1.03 bits per heavy atom. The zero-order valence-electron chi connectivity index (χ0n) is 18.4. The molecule has 35 heavy (non-hydrogen) atoms. The first-order valence-corrected chi connectivity index (χ1v) is 11.1. The number of carbonyl (C=O) groups is 1. The molecule has 0 aliphatic rings. The predicted molar refractivity (Wildman–Crippen MR) is 141 cm³/mol. The van der Waals surface area contributed by atoms with E-state index in [1.807, 2.05) is 72.2 Å². The van der Waals surface area contributed by atoms with Crippen LogP contribution in [0.15, 0.2) is 79.0 Å². The molecular weight excluding hydrogens is 460 g/mol. The van der Waals surface area contributed by atoms with Crippen molar-refractivity contribution in [2.24, 2.45) is 0 Å². The molecule has 0 aliphatic carbocycles. The second-order valence-corrected chi connectivity index (χ2v) is 8.22. The number of pyridine rings is 2. The second kappa shape index (κ2) is 9.95. The summed E-state index contributed by atoms with van der Waals surface area (Å²) in [6.45, 7) is 2.30. The van der Waals surface area contributed by atoms with Gasteiger partial charge in [-0.3, -0.25) is 9.36 Å². The van der Waals surface area contributed by atoms with Crippen LogP contribution in [0.4, 0.5) is 5.82 Å². The average Bonchev–Trinajstić information content (AvgIpc) is 3.21. The molecule has 0 radical (unpaired) electrons. The summed E-state index contributed by atoms with van der Waals surface area (Å²) < 4.78 is 1.92. The summed E-state index contributed by atoms with van der Waals surface area (Å²) in [7, 11) is 0. The first-order valence-electron chi connectivity index (χ1n) is 10.7. The maximum Gasteiger partial charge on any atom is 0.251 e. The van der Waals surface area contributed by atoms with E-state index in [1.165, 1.54) is 0 Å². The van der Waals surface area contributed by atoms with Crippen LogP contribution in [0.3, 0.4) is 0 Å². The van der Waals surface area contributed by atoms with E-state index >= 15 is 0 Å². The van der Waals surface area contributed by atoms with Crippen LogP contribution in [0.2, 0.25) is 5.15 Å². The number of amides is 1. The van der Waals surface area contributed by atoms with Gasteiger partial charge in [0.2, 0.25) is 0 Å². The van der Waals surface area contributed by atoms with Crippen LogP contribution >= 0.6 is 11.6 Å². The van der Waals surface area contributed by atoms with Gasteiger partial charge in [0.15, 0.2) is 11.5 Å². The molecule has 0 unspecified atom stereocenters. The number of nitrogen functional groups attached to an aromatic ring is 1. The van der Waals surface area contributed by atoms with E-state index in [1.54, 1.807) is 18.3 Å². The molecule has 0 saturated carbocycles. The van der Waals surface area contributed by atoms with Crippen molar-refractivity contribution in [3.05, 3.63) is 101 Å². The molecule has 8 heteroatoms. The van der Waals surface area contributed by atoms with Crippen LogP contribution < -0.4 is 11.1 Å². The van der Waals surface area contributed by atoms with Crippen molar-refractivity contribution in [2.75, 3.05) is 5.73 Å². The first kappa shape index (κ1) is 23.9. The Hall–Kier alpha value is -4.23. The van der Waals surface area contributed by atoms with E-state index in [-0.39, 0.29) is 13.3 Å². The number of nitrogens with two attached hydrogens (primary N) is 1. The predicted octanol–water partition coefficient (Wildman–Crippen LogP) is 5.59. The molecule has 0 atom stereocenters. The van der Waals surface area contributed by atoms with Gasteiger partial charge in [-0.2, -0.15) is 0 Å². The summed E-state index contributed by atoms with van der Waals surface area (Å²) in [6.07, 6.45) is 1.64. The van der Waals surface area contributed by atoms with E-state index in [9.17, 15) is 4.79 Å². The van der Waals surface area contributed by atoms with Gasteiger partial charge in [0, 0.05) is 24.0 Å². The summed E-state index contributed by atoms with van der Waals surface area (Å²) in [4.78, 5) is 26.0. The number of fused-ring (bicyclic) bond motifs is 1. The molecule has 5 rings (SSSR count). The standard InChI is InChI=1S/C26H21ClN6O.CH4/c1-16-14-21-25(32-22(16)27)33(24(31-21)20-8-5-13-29-23(20)28)19-11-9-17(10-12-19)15-30-26(34)18-6-3-2-4-7-18;/h2-14H,15H2,1H3,(H2,28,29)(H,30,34);1H4. The number of anilines is 1. The number of nitrogens with one attached hydrogen (secondary N) is 1. The molecule has 0 aliphatic heterocycles. The van der Waals surface area contributed by atoms with Gasteiger partial charge >= 0.3 is 0 Å². The van der Waals surface area contributed by atoms with Gasteiger partial charge in [-0.1, -0.05) is 49.4 Å². The molecule has 5 aromatic rings. The molecule has 3 N–H and O–H groups in total. The van der Waals surface area contributed by atoms with Gasteiger partial charge in [0.05, 0.1) is 5.56 Å². The van der Waals surface area contributed by atoms with E-state index in [2.05, 4.69) is 15.3 Å². The minimum atomic E-state index is -0.117. The fourth-order valence-corrected chi connectivity index (χ4v) is 3.88. The number of benzene rings is 2. The zero-order valence-corrected chi connectivity index (χ0v) is 19.1. The molecular formula is C27H25ClN6O. The molecule has 0 saturated heterocycles. The molecule has 0 spiro atoms. The Labute approximate surface area is 208 Å². The zero-order chi connectivity index (χ0) is 23.7. The summed E-state index contributed by atoms with van der Waals surface area (Å²) in [5.41, 5.74) is 11.5. The highest BCUT2D eigenvalue weighted by Gasteiger charge is 2.19. The van der Waals surface area contributed by atoms with Gasteiger partial charge in [-0.15, -0.1) is 0 Å². The number of hydrogen-bond donors (Lipinski definition) is 2. The van der Waals surface area contributed by atoms with E-state index < -0.39 is 0 Å². The van der Waals surface area contributed by atoms with Crippen molar-refractivity contribution in [1.82, 2.24) is 24.8 Å². The lowest BCUT2D eigenvalue weighted by atomic mass is 10.1. The molecule has 176 valence electrons. The van der Waals surface area contributed by atoms with Crippen molar-refractivity contribution in [1.29, 1.82) is 0 Å². The normalized spacial score (nSPS) is 10.7. The molecule has 2 aromatic carbocycles. The van der Waals surface area contributed by atoms with Crippen LogP contribution in [0, 0.1) is 6.92 Å².